The second-order valence-corrected chi connectivity index (χ2v) is 4.45. The first-order valence-electron chi connectivity index (χ1n) is 5.81. The van der Waals surface area contributed by atoms with Gasteiger partial charge in [-0.3, -0.25) is 14.5 Å². The maximum atomic E-state index is 11.9. The summed E-state index contributed by atoms with van der Waals surface area (Å²) in [5.74, 6) is -0.0207. The second-order valence-electron chi connectivity index (χ2n) is 4.45. The van der Waals surface area contributed by atoms with E-state index in [-0.39, 0.29) is 24.9 Å². The van der Waals surface area contributed by atoms with Crippen LogP contribution in [0.4, 0.5) is 4.79 Å². The Kier molecular flexibility index (Phi) is 3.55. The van der Waals surface area contributed by atoms with E-state index >= 15 is 0 Å². The molecular formula is C12H15N3O4. The first-order chi connectivity index (χ1) is 8.99. The Bertz CT molecular complexity index is 497. The Morgan fingerprint density at radius 3 is 2.74 bits per heavy atom. The summed E-state index contributed by atoms with van der Waals surface area (Å²) < 4.78 is 5.13. The fraction of sp³-hybridized carbons (Fsp3) is 0.417. The summed E-state index contributed by atoms with van der Waals surface area (Å²) >= 11 is 0. The van der Waals surface area contributed by atoms with Crippen molar-refractivity contribution in [1.29, 1.82) is 0 Å². The third-order valence-electron chi connectivity index (χ3n) is 2.92. The summed E-state index contributed by atoms with van der Waals surface area (Å²) in [6.07, 6.45) is 1.52. The van der Waals surface area contributed by atoms with Gasteiger partial charge in [-0.2, -0.15) is 0 Å². The summed E-state index contributed by atoms with van der Waals surface area (Å²) in [6.45, 7) is 0.0884. The number of likely N-dealkylation sites (N-methyl/N-ethyl adjacent to an activating group) is 2. The summed E-state index contributed by atoms with van der Waals surface area (Å²) in [7, 11) is 3.12. The molecule has 1 aromatic heterocycles. The van der Waals surface area contributed by atoms with Gasteiger partial charge in [-0.15, -0.1) is 0 Å². The van der Waals surface area contributed by atoms with Gasteiger partial charge in [-0.1, -0.05) is 0 Å². The number of hydrogen-bond donors (Lipinski definition) is 0. The lowest BCUT2D eigenvalue weighted by molar-refractivity contribution is -0.136. The molecule has 0 unspecified atom stereocenters. The molecule has 0 aromatic carbocycles. The summed E-state index contributed by atoms with van der Waals surface area (Å²) in [6, 6.07) is 3.05. The van der Waals surface area contributed by atoms with E-state index in [4.69, 9.17) is 4.42 Å². The van der Waals surface area contributed by atoms with Crippen molar-refractivity contribution in [3.8, 4) is 0 Å². The zero-order valence-electron chi connectivity index (χ0n) is 10.8. The molecular weight excluding hydrogens is 250 g/mol. The van der Waals surface area contributed by atoms with Crippen molar-refractivity contribution in [1.82, 2.24) is 14.7 Å². The molecule has 0 N–H and O–H groups in total. The minimum Gasteiger partial charge on any atom is -0.467 e. The Morgan fingerprint density at radius 1 is 1.47 bits per heavy atom. The minimum atomic E-state index is -0.440. The molecule has 19 heavy (non-hydrogen) atoms. The van der Waals surface area contributed by atoms with Gasteiger partial charge in [0, 0.05) is 14.1 Å². The molecule has 1 saturated heterocycles. The average molecular weight is 265 g/mol. The molecule has 1 aliphatic rings. The lowest BCUT2D eigenvalue weighted by Crippen LogP contribution is -2.41. The smallest absolute Gasteiger partial charge is 0.327 e. The molecule has 1 aromatic rings. The molecule has 7 heteroatoms. The van der Waals surface area contributed by atoms with E-state index in [2.05, 4.69) is 0 Å². The van der Waals surface area contributed by atoms with Crippen molar-refractivity contribution in [2.24, 2.45) is 0 Å². The molecule has 0 aliphatic carbocycles. The number of urea groups is 1. The van der Waals surface area contributed by atoms with Crippen LogP contribution in [-0.2, 0) is 16.1 Å². The van der Waals surface area contributed by atoms with Crippen LogP contribution in [0.2, 0.25) is 0 Å². The van der Waals surface area contributed by atoms with Crippen molar-refractivity contribution in [3.63, 3.8) is 0 Å². The number of carbonyl (C=O) groups excluding carboxylic acids is 3. The van der Waals surface area contributed by atoms with Crippen LogP contribution in [0.5, 0.6) is 0 Å². The van der Waals surface area contributed by atoms with E-state index in [0.29, 0.717) is 12.3 Å². The van der Waals surface area contributed by atoms with E-state index < -0.39 is 6.03 Å². The fourth-order valence-corrected chi connectivity index (χ4v) is 1.80. The molecule has 2 rings (SSSR count). The molecule has 1 fully saturated rings. The van der Waals surface area contributed by atoms with Crippen molar-refractivity contribution in [2.45, 2.75) is 6.54 Å². The standard InChI is InChI=1S/C12H15N3O4/c1-13(6-9-4-3-5-19-9)10(16)8-15-11(17)7-14(2)12(15)18/h3-5H,6-8H2,1-2H3. The second kappa shape index (κ2) is 5.13. The van der Waals surface area contributed by atoms with Crippen LogP contribution in [0.1, 0.15) is 5.76 Å². The highest BCUT2D eigenvalue weighted by Gasteiger charge is 2.35. The van der Waals surface area contributed by atoms with Crippen LogP contribution in [0.25, 0.3) is 0 Å². The van der Waals surface area contributed by atoms with Gasteiger partial charge in [0.05, 0.1) is 12.8 Å². The maximum absolute atomic E-state index is 11.9. The molecule has 102 valence electrons. The van der Waals surface area contributed by atoms with Crippen molar-refractivity contribution in [3.05, 3.63) is 24.2 Å². The average Bonchev–Trinajstić information content (AvgIpc) is 2.94. The minimum absolute atomic E-state index is 0.0218. The van der Waals surface area contributed by atoms with E-state index in [1.54, 1.807) is 19.2 Å². The number of nitrogens with zero attached hydrogens (tertiary/aromatic N) is 3. The Morgan fingerprint density at radius 2 is 2.21 bits per heavy atom. The summed E-state index contributed by atoms with van der Waals surface area (Å²) in [5, 5.41) is 0. The Labute approximate surface area is 110 Å². The summed E-state index contributed by atoms with van der Waals surface area (Å²) in [5.41, 5.74) is 0. The van der Waals surface area contributed by atoms with Gasteiger partial charge >= 0.3 is 6.03 Å². The zero-order valence-corrected chi connectivity index (χ0v) is 10.8. The topological polar surface area (TPSA) is 74.1 Å². The highest BCUT2D eigenvalue weighted by atomic mass is 16.3. The zero-order chi connectivity index (χ0) is 14.0. The van der Waals surface area contributed by atoms with Crippen LogP contribution in [0, 0.1) is 0 Å². The van der Waals surface area contributed by atoms with Crippen LogP contribution in [0.3, 0.4) is 0 Å². The number of amides is 4. The van der Waals surface area contributed by atoms with Gasteiger partial charge in [-0.05, 0) is 12.1 Å². The Hall–Kier alpha value is -2.31. The molecule has 7 nitrogen and oxygen atoms in total. The lowest BCUT2D eigenvalue weighted by Gasteiger charge is -2.19. The Balaban J connectivity index is 1.93. The van der Waals surface area contributed by atoms with Crippen LogP contribution in [0.15, 0.2) is 22.8 Å². The third kappa shape index (κ3) is 2.75. The van der Waals surface area contributed by atoms with Gasteiger partial charge in [0.1, 0.15) is 18.8 Å². The predicted molar refractivity (Wildman–Crippen MR) is 64.9 cm³/mol. The normalized spacial score (nSPS) is 15.3. The van der Waals surface area contributed by atoms with Crippen molar-refractivity contribution >= 4 is 17.8 Å². The molecule has 0 radical (unpaired) electrons. The third-order valence-corrected chi connectivity index (χ3v) is 2.92. The van der Waals surface area contributed by atoms with Gasteiger partial charge in [-0.25, -0.2) is 4.79 Å². The van der Waals surface area contributed by atoms with Gasteiger partial charge in [0.15, 0.2) is 0 Å². The predicted octanol–water partition coefficient (Wildman–Crippen LogP) is 0.132. The molecule has 4 amide bonds. The largest absolute Gasteiger partial charge is 0.467 e. The van der Waals surface area contributed by atoms with Crippen LogP contribution >= 0.6 is 0 Å². The highest BCUT2D eigenvalue weighted by molar-refractivity contribution is 6.04. The van der Waals surface area contributed by atoms with E-state index in [9.17, 15) is 14.4 Å². The van der Waals surface area contributed by atoms with Crippen molar-refractivity contribution < 1.29 is 18.8 Å². The number of rotatable bonds is 4. The van der Waals surface area contributed by atoms with Crippen molar-refractivity contribution in [2.75, 3.05) is 27.2 Å². The molecule has 0 saturated carbocycles. The summed E-state index contributed by atoms with van der Waals surface area (Å²) in [4.78, 5) is 38.8. The van der Waals surface area contributed by atoms with Crippen LogP contribution < -0.4 is 0 Å². The molecule has 0 spiro atoms. The van der Waals surface area contributed by atoms with Gasteiger partial charge < -0.3 is 14.2 Å². The number of furan rings is 1. The van der Waals surface area contributed by atoms with Gasteiger partial charge in [0.2, 0.25) is 5.91 Å². The number of hydrogen-bond acceptors (Lipinski definition) is 4. The molecule has 2 heterocycles. The fourth-order valence-electron chi connectivity index (χ4n) is 1.80. The molecule has 0 bridgehead atoms. The lowest BCUT2D eigenvalue weighted by atomic mass is 10.4. The van der Waals surface area contributed by atoms with Crippen LogP contribution in [-0.4, -0.2) is 59.7 Å². The SMILES string of the molecule is CN(Cc1ccco1)C(=O)CN1C(=O)CN(C)C1=O. The highest BCUT2D eigenvalue weighted by Crippen LogP contribution is 2.09. The number of carbonyl (C=O) groups is 3. The van der Waals surface area contributed by atoms with E-state index in [1.165, 1.54) is 23.1 Å². The number of imide groups is 1. The monoisotopic (exact) mass is 265 g/mol. The molecule has 0 atom stereocenters. The quantitative estimate of drug-likeness (QED) is 0.725. The van der Waals surface area contributed by atoms with Gasteiger partial charge in [0.25, 0.3) is 5.91 Å². The first-order valence-corrected chi connectivity index (χ1v) is 5.81. The van der Waals surface area contributed by atoms with E-state index in [1.807, 2.05) is 0 Å². The molecule has 1 aliphatic heterocycles. The maximum Gasteiger partial charge on any atom is 0.327 e. The van der Waals surface area contributed by atoms with E-state index in [0.717, 1.165) is 4.90 Å². The first kappa shape index (κ1) is 13.1.